The van der Waals surface area contributed by atoms with Gasteiger partial charge in [-0.05, 0) is 5.56 Å². The average Bonchev–Trinajstić information content (AvgIpc) is 3.08. The van der Waals surface area contributed by atoms with Crippen LogP contribution in [-0.4, -0.2) is 155 Å². The molecule has 0 aliphatic rings. The first-order chi connectivity index (χ1) is 23.1. The maximum absolute atomic E-state index is 11.4. The molecule has 0 saturated carbocycles. The zero-order chi connectivity index (χ0) is 33.9. The zero-order valence-electron chi connectivity index (χ0n) is 27.3. The Labute approximate surface area is 276 Å². The number of esters is 1. The Balaban J connectivity index is 1.65. The number of benzene rings is 1. The van der Waals surface area contributed by atoms with Gasteiger partial charge in [0.2, 0.25) is 5.78 Å². The number of carboxylic acids is 1. The minimum Gasteiger partial charge on any atom is -0.476 e. The van der Waals surface area contributed by atoms with Gasteiger partial charge in [-0.1, -0.05) is 30.3 Å². The van der Waals surface area contributed by atoms with Crippen molar-refractivity contribution in [3.05, 3.63) is 35.9 Å². The van der Waals surface area contributed by atoms with E-state index in [1.165, 1.54) is 0 Å². The van der Waals surface area contributed by atoms with Crippen LogP contribution in [0.3, 0.4) is 0 Å². The van der Waals surface area contributed by atoms with Crippen molar-refractivity contribution < 1.29 is 71.6 Å². The molecular formula is C32H52O15. The number of hydrogen-bond donors (Lipinski definition) is 1. The Morgan fingerprint density at radius 2 is 0.745 bits per heavy atom. The Morgan fingerprint density at radius 3 is 1.09 bits per heavy atom. The van der Waals surface area contributed by atoms with E-state index in [1.807, 2.05) is 30.3 Å². The lowest BCUT2D eigenvalue weighted by Gasteiger charge is -2.09. The predicted octanol–water partition coefficient (Wildman–Crippen LogP) is 1.33. The molecule has 1 aromatic rings. The standard InChI is InChI=1S/C32H52O15/c33-30(32(35)36)6-7-31(34)47-27-26-45-23-22-43-19-18-41-15-14-39-11-10-37-8-9-38-12-13-40-16-17-42-20-21-44-24-25-46-28-29-4-2-1-3-5-29/h1-5H,6-28H2,(H,35,36). The van der Waals surface area contributed by atoms with Crippen LogP contribution in [0.2, 0.25) is 0 Å². The van der Waals surface area contributed by atoms with Gasteiger partial charge in [0, 0.05) is 6.42 Å². The van der Waals surface area contributed by atoms with Crippen LogP contribution in [0.25, 0.3) is 0 Å². The smallest absolute Gasteiger partial charge is 0.372 e. The van der Waals surface area contributed by atoms with E-state index in [4.69, 9.17) is 57.2 Å². The lowest BCUT2D eigenvalue weighted by Crippen LogP contribution is -2.17. The summed E-state index contributed by atoms with van der Waals surface area (Å²) in [5.41, 5.74) is 1.15. The van der Waals surface area contributed by atoms with Crippen molar-refractivity contribution in [1.29, 1.82) is 0 Å². The van der Waals surface area contributed by atoms with Gasteiger partial charge in [0.05, 0.1) is 139 Å². The van der Waals surface area contributed by atoms with E-state index < -0.39 is 17.7 Å². The monoisotopic (exact) mass is 676 g/mol. The fourth-order valence-corrected chi connectivity index (χ4v) is 3.35. The highest BCUT2D eigenvalue weighted by Crippen LogP contribution is 2.00. The summed E-state index contributed by atoms with van der Waals surface area (Å²) in [6, 6.07) is 10.0. The van der Waals surface area contributed by atoms with Gasteiger partial charge in [-0.3, -0.25) is 9.59 Å². The van der Waals surface area contributed by atoms with E-state index in [-0.39, 0.29) is 26.1 Å². The van der Waals surface area contributed by atoms with Crippen LogP contribution in [0.4, 0.5) is 0 Å². The molecule has 0 aromatic heterocycles. The second kappa shape index (κ2) is 33.3. The van der Waals surface area contributed by atoms with E-state index in [2.05, 4.69) is 0 Å². The van der Waals surface area contributed by atoms with E-state index in [0.717, 1.165) is 5.56 Å². The topological polar surface area (TPSA) is 173 Å². The Morgan fingerprint density at radius 1 is 0.426 bits per heavy atom. The molecule has 0 unspecified atom stereocenters. The van der Waals surface area contributed by atoms with Crippen LogP contribution in [0, 0.1) is 0 Å². The van der Waals surface area contributed by atoms with E-state index in [0.29, 0.717) is 126 Å². The normalized spacial score (nSPS) is 11.1. The van der Waals surface area contributed by atoms with Gasteiger partial charge in [0.25, 0.3) is 0 Å². The molecule has 270 valence electrons. The minimum atomic E-state index is -1.56. The van der Waals surface area contributed by atoms with E-state index >= 15 is 0 Å². The van der Waals surface area contributed by atoms with Gasteiger partial charge in [-0.25, -0.2) is 4.79 Å². The predicted molar refractivity (Wildman–Crippen MR) is 166 cm³/mol. The molecule has 0 atom stereocenters. The number of carbonyl (C=O) groups excluding carboxylic acids is 2. The van der Waals surface area contributed by atoms with Crippen molar-refractivity contribution >= 4 is 17.7 Å². The summed E-state index contributed by atoms with van der Waals surface area (Å²) in [5.74, 6) is -3.24. The second-order valence-electron chi connectivity index (χ2n) is 9.50. The molecule has 0 aliphatic carbocycles. The van der Waals surface area contributed by atoms with Crippen molar-refractivity contribution in [2.24, 2.45) is 0 Å². The first-order valence-corrected chi connectivity index (χ1v) is 15.8. The number of ketones is 1. The van der Waals surface area contributed by atoms with Crippen LogP contribution in [0.1, 0.15) is 18.4 Å². The van der Waals surface area contributed by atoms with E-state index in [9.17, 15) is 14.4 Å². The molecule has 0 fully saturated rings. The van der Waals surface area contributed by atoms with Gasteiger partial charge < -0.3 is 57.2 Å². The fraction of sp³-hybridized carbons (Fsp3) is 0.719. The van der Waals surface area contributed by atoms with Crippen LogP contribution >= 0.6 is 0 Å². The highest BCUT2D eigenvalue weighted by molar-refractivity contribution is 6.32. The number of Topliss-reactive ketones (excluding diaryl/α,β-unsaturated/α-hetero) is 1. The third-order valence-corrected chi connectivity index (χ3v) is 5.75. The van der Waals surface area contributed by atoms with Crippen molar-refractivity contribution in [1.82, 2.24) is 0 Å². The number of carboxylic acid groups (broad SMARTS) is 1. The van der Waals surface area contributed by atoms with Crippen LogP contribution in [0.15, 0.2) is 30.3 Å². The molecule has 0 amide bonds. The molecule has 0 spiro atoms. The van der Waals surface area contributed by atoms with Gasteiger partial charge in [-0.15, -0.1) is 0 Å². The maximum Gasteiger partial charge on any atom is 0.372 e. The first kappa shape index (κ1) is 42.5. The lowest BCUT2D eigenvalue weighted by atomic mass is 10.2. The third kappa shape index (κ3) is 30.5. The highest BCUT2D eigenvalue weighted by atomic mass is 16.6. The molecule has 15 nitrogen and oxygen atoms in total. The lowest BCUT2D eigenvalue weighted by molar-refractivity contribution is -0.151. The van der Waals surface area contributed by atoms with Crippen LogP contribution < -0.4 is 0 Å². The average molecular weight is 677 g/mol. The van der Waals surface area contributed by atoms with Crippen LogP contribution in [-0.2, 0) is 73.1 Å². The SMILES string of the molecule is O=C(CCC(=O)C(=O)O)OCCOCCOCCOCCOCCOCCOCCOCCOCCOCCOCc1ccccc1. The molecule has 0 saturated heterocycles. The zero-order valence-corrected chi connectivity index (χ0v) is 27.3. The van der Waals surface area contributed by atoms with Crippen molar-refractivity contribution in [3.63, 3.8) is 0 Å². The summed E-state index contributed by atoms with van der Waals surface area (Å²) < 4.78 is 59.2. The molecule has 0 radical (unpaired) electrons. The summed E-state index contributed by atoms with van der Waals surface area (Å²) in [7, 11) is 0. The molecule has 0 bridgehead atoms. The number of ether oxygens (including phenoxy) is 11. The fourth-order valence-electron chi connectivity index (χ4n) is 3.35. The summed E-state index contributed by atoms with van der Waals surface area (Å²) in [5, 5.41) is 8.44. The quantitative estimate of drug-likeness (QED) is 0.0612. The Bertz CT molecular complexity index is 871. The van der Waals surface area contributed by atoms with Gasteiger partial charge in [0.1, 0.15) is 6.61 Å². The van der Waals surface area contributed by atoms with Crippen molar-refractivity contribution in [3.8, 4) is 0 Å². The highest BCUT2D eigenvalue weighted by Gasteiger charge is 2.14. The number of aliphatic carboxylic acids is 1. The van der Waals surface area contributed by atoms with Crippen molar-refractivity contribution in [2.45, 2.75) is 19.4 Å². The second-order valence-corrected chi connectivity index (χ2v) is 9.50. The largest absolute Gasteiger partial charge is 0.476 e. The summed E-state index contributed by atoms with van der Waals surface area (Å²) >= 11 is 0. The maximum atomic E-state index is 11.4. The molecule has 0 heterocycles. The first-order valence-electron chi connectivity index (χ1n) is 15.8. The summed E-state index contributed by atoms with van der Waals surface area (Å²) in [6.07, 6.45) is -0.659. The molecule has 47 heavy (non-hydrogen) atoms. The molecular weight excluding hydrogens is 624 g/mol. The van der Waals surface area contributed by atoms with Crippen LogP contribution in [0.5, 0.6) is 0 Å². The molecule has 15 heteroatoms. The minimum absolute atomic E-state index is 0.0145. The molecule has 0 aliphatic heterocycles. The summed E-state index contributed by atoms with van der Waals surface area (Å²) in [4.78, 5) is 32.6. The van der Waals surface area contributed by atoms with Gasteiger partial charge >= 0.3 is 11.9 Å². The Hall–Kier alpha value is -2.57. The molecule has 1 N–H and O–H groups in total. The third-order valence-electron chi connectivity index (χ3n) is 5.75. The van der Waals surface area contributed by atoms with Gasteiger partial charge in [-0.2, -0.15) is 0 Å². The molecule has 1 rings (SSSR count). The number of carbonyl (C=O) groups is 3. The summed E-state index contributed by atoms with van der Waals surface area (Å²) in [6.45, 7) is 9.14. The number of hydrogen-bond acceptors (Lipinski definition) is 14. The number of rotatable bonds is 36. The Kier molecular flexibility index (Phi) is 30.1. The molecule has 1 aromatic carbocycles. The van der Waals surface area contributed by atoms with Crippen molar-refractivity contribution in [2.75, 3.05) is 132 Å². The van der Waals surface area contributed by atoms with E-state index in [1.54, 1.807) is 0 Å². The van der Waals surface area contributed by atoms with Gasteiger partial charge in [0.15, 0.2) is 0 Å².